The second-order valence-electron chi connectivity index (χ2n) is 7.40. The van der Waals surface area contributed by atoms with Crippen LogP contribution >= 0.6 is 0 Å². The Bertz CT molecular complexity index is 1210. The third kappa shape index (κ3) is 3.66. The highest BCUT2D eigenvalue weighted by molar-refractivity contribution is 6.25. The van der Waals surface area contributed by atoms with Crippen molar-refractivity contribution < 1.29 is 9.59 Å². The van der Waals surface area contributed by atoms with Gasteiger partial charge in [-0.15, -0.1) is 0 Å². The molecule has 0 N–H and O–H groups in total. The minimum Gasteiger partial charge on any atom is -0.371 e. The van der Waals surface area contributed by atoms with E-state index in [4.69, 9.17) is 5.26 Å². The molecule has 1 aliphatic rings. The van der Waals surface area contributed by atoms with Gasteiger partial charge in [-0.2, -0.15) is 15.4 Å². The van der Waals surface area contributed by atoms with E-state index in [0.717, 1.165) is 33.8 Å². The van der Waals surface area contributed by atoms with E-state index < -0.39 is 11.8 Å². The smallest absolute Gasteiger partial charge is 0.282 e. The van der Waals surface area contributed by atoms with Crippen molar-refractivity contribution in [1.29, 1.82) is 5.26 Å². The second-order valence-corrected chi connectivity index (χ2v) is 7.40. The van der Waals surface area contributed by atoms with E-state index in [1.165, 1.54) is 0 Å². The van der Waals surface area contributed by atoms with Crippen LogP contribution in [-0.2, 0) is 0 Å². The van der Waals surface area contributed by atoms with Crippen LogP contribution in [0.4, 0.5) is 5.69 Å². The van der Waals surface area contributed by atoms with Crippen LogP contribution in [0.25, 0.3) is 10.8 Å². The summed E-state index contributed by atoms with van der Waals surface area (Å²) in [4.78, 5) is 28.1. The van der Waals surface area contributed by atoms with Gasteiger partial charge in [0.2, 0.25) is 0 Å². The Kier molecular flexibility index (Phi) is 5.50. The van der Waals surface area contributed by atoms with E-state index in [-0.39, 0.29) is 0 Å². The molecule has 154 valence electrons. The molecule has 0 aromatic heterocycles. The van der Waals surface area contributed by atoms with Crippen molar-refractivity contribution in [1.82, 2.24) is 5.01 Å². The monoisotopic (exact) mass is 410 g/mol. The minimum atomic E-state index is -0.423. The highest BCUT2D eigenvalue weighted by Gasteiger charge is 2.32. The second kappa shape index (κ2) is 8.41. The van der Waals surface area contributed by atoms with Gasteiger partial charge in [0, 0.05) is 24.2 Å². The summed E-state index contributed by atoms with van der Waals surface area (Å²) in [5.41, 5.74) is 3.77. The highest BCUT2D eigenvalue weighted by atomic mass is 16.2. The summed E-state index contributed by atoms with van der Waals surface area (Å²) in [6.07, 6.45) is 2.01. The maximum absolute atomic E-state index is 13.0. The Balaban J connectivity index is 1.63. The molecule has 0 saturated carbocycles. The number of hydrogen-bond donors (Lipinski definition) is 0. The molecular weight excluding hydrogens is 388 g/mol. The fraction of sp³-hybridized carbons (Fsp3) is 0.200. The van der Waals surface area contributed by atoms with Gasteiger partial charge < -0.3 is 4.90 Å². The van der Waals surface area contributed by atoms with Crippen molar-refractivity contribution in [2.75, 3.05) is 18.0 Å². The van der Waals surface area contributed by atoms with Crippen molar-refractivity contribution in [3.05, 3.63) is 76.9 Å². The van der Waals surface area contributed by atoms with Gasteiger partial charge in [0.05, 0.1) is 29.8 Å². The van der Waals surface area contributed by atoms with Crippen LogP contribution in [0.2, 0.25) is 0 Å². The largest absolute Gasteiger partial charge is 0.371 e. The fourth-order valence-corrected chi connectivity index (χ4v) is 3.90. The number of hydrazone groups is 1. The molecule has 0 radical (unpaired) electrons. The molecule has 31 heavy (non-hydrogen) atoms. The van der Waals surface area contributed by atoms with Crippen LogP contribution in [0.15, 0.2) is 59.7 Å². The maximum Gasteiger partial charge on any atom is 0.282 e. The predicted molar refractivity (Wildman–Crippen MR) is 121 cm³/mol. The molecule has 0 aliphatic carbocycles. The molecule has 0 atom stereocenters. The SMILES string of the molecule is CCN(CCC#N)c1ccc(/C=N\N2C(=O)c3cccc4cccc(c34)C2=O)c(C)c1. The molecule has 3 aromatic rings. The zero-order valence-electron chi connectivity index (χ0n) is 17.5. The lowest BCUT2D eigenvalue weighted by atomic mass is 9.95. The van der Waals surface area contributed by atoms with Crippen LogP contribution in [0.5, 0.6) is 0 Å². The Hall–Kier alpha value is -3.98. The lowest BCUT2D eigenvalue weighted by Gasteiger charge is -2.23. The number of rotatable bonds is 6. The lowest BCUT2D eigenvalue weighted by molar-refractivity contribution is 0.0616. The topological polar surface area (TPSA) is 76.8 Å². The number of imide groups is 1. The Morgan fingerprint density at radius 2 is 1.74 bits per heavy atom. The summed E-state index contributed by atoms with van der Waals surface area (Å²) in [6.45, 7) is 5.48. The molecule has 0 bridgehead atoms. The van der Waals surface area contributed by atoms with Gasteiger partial charge in [0.1, 0.15) is 0 Å². The standard InChI is InChI=1S/C25H22N4O2/c1-3-28(14-6-13-26)20-12-11-19(17(2)15-20)16-27-29-24(30)21-9-4-7-18-8-5-10-22(23(18)21)25(29)31/h4-5,7-12,15-16H,3,6,14H2,1-2H3/b27-16-. The van der Waals surface area contributed by atoms with Crippen molar-refractivity contribution >= 4 is 34.5 Å². The number of nitrogens with zero attached hydrogens (tertiary/aromatic N) is 4. The molecule has 0 spiro atoms. The van der Waals surface area contributed by atoms with Crippen LogP contribution in [-0.4, -0.2) is 36.1 Å². The average molecular weight is 410 g/mol. The Labute approximate surface area is 181 Å². The number of carbonyl (C=O) groups excluding carboxylic acids is 2. The number of aryl methyl sites for hydroxylation is 1. The zero-order valence-corrected chi connectivity index (χ0v) is 17.5. The predicted octanol–water partition coefficient (Wildman–Crippen LogP) is 4.52. The third-order valence-electron chi connectivity index (χ3n) is 5.56. The molecule has 1 aliphatic heterocycles. The summed E-state index contributed by atoms with van der Waals surface area (Å²) < 4.78 is 0. The van der Waals surface area contributed by atoms with Gasteiger partial charge in [-0.05, 0) is 54.6 Å². The van der Waals surface area contributed by atoms with E-state index in [1.54, 1.807) is 18.3 Å². The van der Waals surface area contributed by atoms with Crippen LogP contribution in [0, 0.1) is 18.3 Å². The van der Waals surface area contributed by atoms with Gasteiger partial charge in [0.15, 0.2) is 0 Å². The molecule has 6 heteroatoms. The lowest BCUT2D eigenvalue weighted by Crippen LogP contribution is -2.36. The quantitative estimate of drug-likeness (QED) is 0.442. The van der Waals surface area contributed by atoms with E-state index >= 15 is 0 Å². The van der Waals surface area contributed by atoms with Gasteiger partial charge in [-0.25, -0.2) is 0 Å². The van der Waals surface area contributed by atoms with Crippen molar-refractivity contribution in [2.45, 2.75) is 20.3 Å². The zero-order chi connectivity index (χ0) is 22.0. The fourth-order valence-electron chi connectivity index (χ4n) is 3.90. The van der Waals surface area contributed by atoms with Crippen molar-refractivity contribution in [2.24, 2.45) is 5.10 Å². The summed E-state index contributed by atoms with van der Waals surface area (Å²) in [5, 5.41) is 15.6. The Morgan fingerprint density at radius 1 is 1.06 bits per heavy atom. The summed E-state index contributed by atoms with van der Waals surface area (Å²) in [5.74, 6) is -0.845. The third-order valence-corrected chi connectivity index (χ3v) is 5.56. The summed E-state index contributed by atoms with van der Waals surface area (Å²) >= 11 is 0. The number of hydrogen-bond acceptors (Lipinski definition) is 5. The number of benzene rings is 3. The van der Waals surface area contributed by atoms with Gasteiger partial charge in [0.25, 0.3) is 11.8 Å². The van der Waals surface area contributed by atoms with Crippen molar-refractivity contribution in [3.63, 3.8) is 0 Å². The molecular formula is C25H22N4O2. The summed E-state index contributed by atoms with van der Waals surface area (Å²) in [6, 6.07) is 18.9. The van der Waals surface area contributed by atoms with E-state index in [2.05, 4.69) is 16.1 Å². The molecule has 1 heterocycles. The molecule has 0 fully saturated rings. The van der Waals surface area contributed by atoms with Crippen molar-refractivity contribution in [3.8, 4) is 6.07 Å². The normalized spacial score (nSPS) is 13.1. The Morgan fingerprint density at radius 3 is 2.32 bits per heavy atom. The van der Waals surface area contributed by atoms with E-state index in [9.17, 15) is 9.59 Å². The number of anilines is 1. The number of nitriles is 1. The highest BCUT2D eigenvalue weighted by Crippen LogP contribution is 2.30. The van der Waals surface area contributed by atoms with Crippen LogP contribution in [0.1, 0.15) is 45.2 Å². The molecule has 2 amide bonds. The van der Waals surface area contributed by atoms with E-state index in [0.29, 0.717) is 29.5 Å². The molecule has 3 aromatic carbocycles. The first-order chi connectivity index (χ1) is 15.0. The van der Waals surface area contributed by atoms with Gasteiger partial charge >= 0.3 is 0 Å². The molecule has 0 unspecified atom stereocenters. The van der Waals surface area contributed by atoms with Crippen LogP contribution < -0.4 is 4.90 Å². The minimum absolute atomic E-state index is 0.423. The first kappa shape index (κ1) is 20.3. The van der Waals surface area contributed by atoms with Gasteiger partial charge in [-0.1, -0.05) is 30.3 Å². The molecule has 0 saturated heterocycles. The van der Waals surface area contributed by atoms with E-state index in [1.807, 2.05) is 56.3 Å². The number of carbonyl (C=O) groups is 2. The first-order valence-corrected chi connectivity index (χ1v) is 10.2. The molecule has 6 nitrogen and oxygen atoms in total. The number of amides is 2. The average Bonchev–Trinajstić information content (AvgIpc) is 2.79. The maximum atomic E-state index is 13.0. The molecule has 4 rings (SSSR count). The van der Waals surface area contributed by atoms with Crippen LogP contribution in [0.3, 0.4) is 0 Å². The summed E-state index contributed by atoms with van der Waals surface area (Å²) in [7, 11) is 0. The van der Waals surface area contributed by atoms with Gasteiger partial charge in [-0.3, -0.25) is 9.59 Å². The first-order valence-electron chi connectivity index (χ1n) is 10.2.